The number of aryl methyl sites for hydroxylation is 2. The molecule has 0 aliphatic carbocycles. The normalized spacial score (nSPS) is 17.8. The summed E-state index contributed by atoms with van der Waals surface area (Å²) < 4.78 is 1.94. The molecule has 5 rings (SSSR count). The maximum atomic E-state index is 12.5. The Labute approximate surface area is 151 Å². The van der Waals surface area contributed by atoms with Gasteiger partial charge in [0.15, 0.2) is 5.82 Å². The lowest BCUT2D eigenvalue weighted by molar-refractivity contribution is -0.0782. The molecule has 6 nitrogen and oxygen atoms in total. The molecule has 0 atom stereocenters. The fourth-order valence-corrected chi connectivity index (χ4v) is 4.04. The second kappa shape index (κ2) is 5.57. The zero-order valence-corrected chi connectivity index (χ0v) is 14.4. The highest BCUT2D eigenvalue weighted by atomic mass is 16.3. The molecule has 1 fully saturated rings. The Morgan fingerprint density at radius 3 is 2.81 bits per heavy atom. The van der Waals surface area contributed by atoms with E-state index in [4.69, 9.17) is 0 Å². The molecule has 1 aromatic heterocycles. The fraction of sp³-hybridized carbons (Fsp3) is 0.300. The van der Waals surface area contributed by atoms with Crippen LogP contribution < -0.4 is 5.32 Å². The maximum absolute atomic E-state index is 12.5. The average molecular weight is 348 g/mol. The van der Waals surface area contributed by atoms with Gasteiger partial charge in [-0.25, -0.2) is 4.79 Å². The highest BCUT2D eigenvalue weighted by Crippen LogP contribution is 2.36. The van der Waals surface area contributed by atoms with Crippen molar-refractivity contribution in [3.05, 3.63) is 59.8 Å². The SMILES string of the molecule is O=C(Nc1cc2n(n1)CCC2)N1CC(O)(c2cccc3ccccc23)C1. The van der Waals surface area contributed by atoms with Gasteiger partial charge in [-0.2, -0.15) is 5.10 Å². The second-order valence-electron chi connectivity index (χ2n) is 7.19. The van der Waals surface area contributed by atoms with Crippen molar-refractivity contribution in [2.75, 3.05) is 18.4 Å². The van der Waals surface area contributed by atoms with Crippen molar-refractivity contribution < 1.29 is 9.90 Å². The van der Waals surface area contributed by atoms with Crippen LogP contribution in [0.5, 0.6) is 0 Å². The molecule has 0 radical (unpaired) electrons. The minimum Gasteiger partial charge on any atom is -0.381 e. The molecule has 0 bridgehead atoms. The quantitative estimate of drug-likeness (QED) is 0.748. The number of carbonyl (C=O) groups excluding carboxylic acids is 1. The molecule has 2 aliphatic rings. The van der Waals surface area contributed by atoms with E-state index in [2.05, 4.69) is 10.4 Å². The van der Waals surface area contributed by atoms with Crippen molar-refractivity contribution in [2.24, 2.45) is 0 Å². The number of fused-ring (bicyclic) bond motifs is 2. The van der Waals surface area contributed by atoms with E-state index in [9.17, 15) is 9.90 Å². The number of nitrogens with zero attached hydrogens (tertiary/aromatic N) is 3. The first-order valence-electron chi connectivity index (χ1n) is 8.96. The average Bonchev–Trinajstić information content (AvgIpc) is 3.20. The highest BCUT2D eigenvalue weighted by Gasteiger charge is 2.46. The van der Waals surface area contributed by atoms with Crippen molar-refractivity contribution in [1.82, 2.24) is 14.7 Å². The number of benzene rings is 2. The number of aliphatic hydroxyl groups is 1. The Bertz CT molecular complexity index is 977. The molecular formula is C20H20N4O2. The van der Waals surface area contributed by atoms with Gasteiger partial charge in [-0.05, 0) is 29.2 Å². The number of anilines is 1. The van der Waals surface area contributed by atoms with Gasteiger partial charge < -0.3 is 10.0 Å². The number of rotatable bonds is 2. The highest BCUT2D eigenvalue weighted by molar-refractivity contribution is 5.90. The second-order valence-corrected chi connectivity index (χ2v) is 7.19. The molecule has 0 spiro atoms. The predicted octanol–water partition coefficient (Wildman–Crippen LogP) is 2.72. The summed E-state index contributed by atoms with van der Waals surface area (Å²) >= 11 is 0. The molecule has 2 aliphatic heterocycles. The van der Waals surface area contributed by atoms with Gasteiger partial charge in [-0.3, -0.25) is 10.00 Å². The molecule has 3 heterocycles. The van der Waals surface area contributed by atoms with Gasteiger partial charge in [0.1, 0.15) is 5.60 Å². The number of likely N-dealkylation sites (tertiary alicyclic amines) is 1. The van der Waals surface area contributed by atoms with E-state index in [-0.39, 0.29) is 19.1 Å². The van der Waals surface area contributed by atoms with E-state index in [1.54, 1.807) is 4.90 Å². The molecule has 1 saturated heterocycles. The van der Waals surface area contributed by atoms with Gasteiger partial charge in [-0.1, -0.05) is 42.5 Å². The minimum absolute atomic E-state index is 0.216. The number of nitrogens with one attached hydrogen (secondary N) is 1. The number of hydrogen-bond acceptors (Lipinski definition) is 3. The van der Waals surface area contributed by atoms with E-state index in [1.165, 1.54) is 0 Å². The fourth-order valence-electron chi connectivity index (χ4n) is 4.04. The van der Waals surface area contributed by atoms with Crippen LogP contribution in [0.2, 0.25) is 0 Å². The number of urea groups is 1. The van der Waals surface area contributed by atoms with E-state index in [1.807, 2.05) is 53.2 Å². The van der Waals surface area contributed by atoms with Gasteiger partial charge in [0.2, 0.25) is 0 Å². The van der Waals surface area contributed by atoms with Gasteiger partial charge >= 0.3 is 6.03 Å². The molecule has 0 saturated carbocycles. The van der Waals surface area contributed by atoms with Gasteiger partial charge in [-0.15, -0.1) is 0 Å². The zero-order valence-electron chi connectivity index (χ0n) is 14.4. The van der Waals surface area contributed by atoms with Crippen molar-refractivity contribution in [3.63, 3.8) is 0 Å². The van der Waals surface area contributed by atoms with Crippen molar-refractivity contribution in [3.8, 4) is 0 Å². The third-order valence-electron chi connectivity index (χ3n) is 5.38. The van der Waals surface area contributed by atoms with Crippen LogP contribution in [0.25, 0.3) is 10.8 Å². The largest absolute Gasteiger partial charge is 0.381 e. The molecular weight excluding hydrogens is 328 g/mol. The summed E-state index contributed by atoms with van der Waals surface area (Å²) in [5, 5.41) is 20.4. The summed E-state index contributed by atoms with van der Waals surface area (Å²) in [7, 11) is 0. The number of hydrogen-bond donors (Lipinski definition) is 2. The molecule has 6 heteroatoms. The molecule has 3 aromatic rings. The van der Waals surface area contributed by atoms with E-state index in [0.29, 0.717) is 5.82 Å². The van der Waals surface area contributed by atoms with Crippen LogP contribution in [-0.4, -0.2) is 38.9 Å². The Hall–Kier alpha value is -2.86. The Morgan fingerprint density at radius 2 is 1.96 bits per heavy atom. The summed E-state index contributed by atoms with van der Waals surface area (Å²) in [5.74, 6) is 0.588. The molecule has 2 amide bonds. The van der Waals surface area contributed by atoms with E-state index in [0.717, 1.165) is 41.4 Å². The standard InChI is InChI=1S/C20H20N4O2/c25-19(21-18-11-15-7-4-10-24(15)22-18)23-12-20(26,13-23)17-9-3-6-14-5-1-2-8-16(14)17/h1-3,5-6,8-9,11,26H,4,7,10,12-13H2,(H,21,22,25). The number of amides is 2. The summed E-state index contributed by atoms with van der Waals surface area (Å²) in [6.07, 6.45) is 2.12. The summed E-state index contributed by atoms with van der Waals surface area (Å²) in [6, 6.07) is 15.6. The third kappa shape index (κ3) is 2.37. The monoisotopic (exact) mass is 348 g/mol. The van der Waals surface area contributed by atoms with Crippen molar-refractivity contribution >= 4 is 22.6 Å². The van der Waals surface area contributed by atoms with Gasteiger partial charge in [0, 0.05) is 18.3 Å². The maximum Gasteiger partial charge on any atom is 0.323 e. The number of carbonyl (C=O) groups is 1. The van der Waals surface area contributed by atoms with Crippen LogP contribution >= 0.6 is 0 Å². The number of aromatic nitrogens is 2. The smallest absolute Gasteiger partial charge is 0.323 e. The summed E-state index contributed by atoms with van der Waals surface area (Å²) in [4.78, 5) is 14.1. The van der Waals surface area contributed by atoms with Crippen LogP contribution in [0.3, 0.4) is 0 Å². The molecule has 26 heavy (non-hydrogen) atoms. The minimum atomic E-state index is -1.01. The van der Waals surface area contributed by atoms with E-state index >= 15 is 0 Å². The molecule has 2 N–H and O–H groups in total. The van der Waals surface area contributed by atoms with E-state index < -0.39 is 5.60 Å². The van der Waals surface area contributed by atoms with Gasteiger partial charge in [0.25, 0.3) is 0 Å². The Morgan fingerprint density at radius 1 is 1.15 bits per heavy atom. The summed E-state index contributed by atoms with van der Waals surface area (Å²) in [6.45, 7) is 1.47. The van der Waals surface area contributed by atoms with Crippen LogP contribution in [-0.2, 0) is 18.6 Å². The van der Waals surface area contributed by atoms with Crippen molar-refractivity contribution in [1.29, 1.82) is 0 Å². The molecule has 132 valence electrons. The lowest BCUT2D eigenvalue weighted by Gasteiger charge is -2.46. The zero-order chi connectivity index (χ0) is 17.7. The van der Waals surface area contributed by atoms with Crippen LogP contribution in [0.15, 0.2) is 48.5 Å². The van der Waals surface area contributed by atoms with Crippen LogP contribution in [0.1, 0.15) is 17.7 Å². The predicted molar refractivity (Wildman–Crippen MR) is 99.0 cm³/mol. The lowest BCUT2D eigenvalue weighted by atomic mass is 9.83. The lowest BCUT2D eigenvalue weighted by Crippen LogP contribution is -2.62. The first-order chi connectivity index (χ1) is 12.6. The third-order valence-corrected chi connectivity index (χ3v) is 5.38. The first kappa shape index (κ1) is 15.4. The van der Waals surface area contributed by atoms with Crippen LogP contribution in [0, 0.1) is 0 Å². The molecule has 2 aromatic carbocycles. The van der Waals surface area contributed by atoms with Crippen LogP contribution in [0.4, 0.5) is 10.6 Å². The topological polar surface area (TPSA) is 70.4 Å². The first-order valence-corrected chi connectivity index (χ1v) is 8.96. The van der Waals surface area contributed by atoms with Gasteiger partial charge in [0.05, 0.1) is 13.1 Å². The van der Waals surface area contributed by atoms with Crippen molar-refractivity contribution in [2.45, 2.75) is 25.0 Å². The summed E-state index contributed by atoms with van der Waals surface area (Å²) in [5.41, 5.74) is 1.03. The Balaban J connectivity index is 1.31. The Kier molecular flexibility index (Phi) is 3.30. The number of β-amino-alcohol motifs (C(OH)–C–C–N with tert-alkyl or cyclic N) is 1. The molecule has 0 unspecified atom stereocenters.